The Bertz CT molecular complexity index is 233. The highest BCUT2D eigenvalue weighted by Gasteiger charge is 1.94. The topological polar surface area (TPSA) is 20.2 Å². The molecule has 1 nitrogen and oxygen atoms in total. The maximum atomic E-state index is 8.91. The van der Waals surface area contributed by atoms with Gasteiger partial charge in [0.15, 0.2) is 0 Å². The largest absolute Gasteiger partial charge is 0.506 e. The molecule has 1 rings (SSSR count). The molecule has 0 aromatic heterocycles. The Hall–Kier alpha value is -0.690. The fraction of sp³-hybridized carbons (Fsp3) is 0.400. The standard InChI is InChI=1S/C7H7ClO.C3H8/c1-5-2-3-7(9)6(8)4-5;1-3-2/h2-4,9H,1H3;3H2,1-2H3. The Kier molecular flexibility index (Phi) is 5.56. The fourth-order valence-electron chi connectivity index (χ4n) is 0.612. The van der Waals surface area contributed by atoms with Crippen molar-refractivity contribution in [2.45, 2.75) is 27.2 Å². The Balaban J connectivity index is 0.000000354. The van der Waals surface area contributed by atoms with Crippen molar-refractivity contribution in [2.75, 3.05) is 0 Å². The van der Waals surface area contributed by atoms with Crippen LogP contribution in [0.1, 0.15) is 25.8 Å². The molecule has 12 heavy (non-hydrogen) atoms. The predicted molar refractivity (Wildman–Crippen MR) is 53.8 cm³/mol. The van der Waals surface area contributed by atoms with Crippen molar-refractivity contribution in [1.82, 2.24) is 0 Å². The van der Waals surface area contributed by atoms with E-state index in [1.165, 1.54) is 6.42 Å². The molecule has 0 aliphatic carbocycles. The van der Waals surface area contributed by atoms with Crippen molar-refractivity contribution in [3.63, 3.8) is 0 Å². The molecule has 0 fully saturated rings. The van der Waals surface area contributed by atoms with Crippen molar-refractivity contribution in [3.8, 4) is 5.75 Å². The van der Waals surface area contributed by atoms with Crippen LogP contribution in [0.25, 0.3) is 0 Å². The molecule has 0 radical (unpaired) electrons. The molecule has 2 heteroatoms. The summed E-state index contributed by atoms with van der Waals surface area (Å²) in [4.78, 5) is 0. The maximum Gasteiger partial charge on any atom is 0.134 e. The summed E-state index contributed by atoms with van der Waals surface area (Å²) < 4.78 is 0. The smallest absolute Gasteiger partial charge is 0.134 e. The molecule has 0 unspecified atom stereocenters. The number of halogens is 1. The first kappa shape index (κ1) is 11.3. The second kappa shape index (κ2) is 5.90. The molecule has 0 heterocycles. The molecule has 1 aromatic rings. The van der Waals surface area contributed by atoms with E-state index < -0.39 is 0 Å². The van der Waals surface area contributed by atoms with Gasteiger partial charge in [-0.25, -0.2) is 0 Å². The molecule has 0 amide bonds. The summed E-state index contributed by atoms with van der Waals surface area (Å²) in [7, 11) is 0. The van der Waals surface area contributed by atoms with Gasteiger partial charge in [0.1, 0.15) is 5.75 Å². The summed E-state index contributed by atoms with van der Waals surface area (Å²) in [5.74, 6) is 0.141. The van der Waals surface area contributed by atoms with Crippen molar-refractivity contribution in [1.29, 1.82) is 0 Å². The average Bonchev–Trinajstić information content (AvgIpc) is 1.99. The summed E-state index contributed by atoms with van der Waals surface area (Å²) in [5.41, 5.74) is 1.05. The Morgan fingerprint density at radius 3 is 2.17 bits per heavy atom. The molecule has 0 saturated heterocycles. The zero-order valence-corrected chi connectivity index (χ0v) is 8.52. The first-order chi connectivity index (χ1) is 5.61. The minimum Gasteiger partial charge on any atom is -0.506 e. The summed E-state index contributed by atoms with van der Waals surface area (Å²) in [6.45, 7) is 6.17. The van der Waals surface area contributed by atoms with Crippen molar-refractivity contribution < 1.29 is 5.11 Å². The Morgan fingerprint density at radius 1 is 1.33 bits per heavy atom. The van der Waals surface area contributed by atoms with Crippen LogP contribution in [0.5, 0.6) is 5.75 Å². The van der Waals surface area contributed by atoms with Gasteiger partial charge in [0.25, 0.3) is 0 Å². The molecule has 0 aliphatic heterocycles. The van der Waals surface area contributed by atoms with Gasteiger partial charge in [-0.3, -0.25) is 0 Å². The second-order valence-electron chi connectivity index (χ2n) is 2.66. The van der Waals surface area contributed by atoms with Crippen molar-refractivity contribution >= 4 is 11.6 Å². The SMILES string of the molecule is CCC.Cc1ccc(O)c(Cl)c1. The summed E-state index contributed by atoms with van der Waals surface area (Å²) >= 11 is 5.56. The summed E-state index contributed by atoms with van der Waals surface area (Å²) in [6, 6.07) is 5.11. The van der Waals surface area contributed by atoms with Gasteiger partial charge < -0.3 is 5.11 Å². The normalized spacial score (nSPS) is 8.67. The molecule has 0 atom stereocenters. The van der Waals surface area contributed by atoms with Crippen molar-refractivity contribution in [3.05, 3.63) is 28.8 Å². The van der Waals surface area contributed by atoms with E-state index in [1.54, 1.807) is 18.2 Å². The minimum atomic E-state index is 0.141. The first-order valence-corrected chi connectivity index (χ1v) is 4.44. The molecule has 68 valence electrons. The monoisotopic (exact) mass is 186 g/mol. The molecule has 1 N–H and O–H groups in total. The summed E-state index contributed by atoms with van der Waals surface area (Å²) in [6.07, 6.45) is 1.25. The van der Waals surface area contributed by atoms with Crippen LogP contribution in [-0.2, 0) is 0 Å². The molecule has 0 bridgehead atoms. The average molecular weight is 187 g/mol. The summed E-state index contributed by atoms with van der Waals surface area (Å²) in [5, 5.41) is 9.32. The van der Waals surface area contributed by atoms with Crippen LogP contribution in [0.2, 0.25) is 5.02 Å². The lowest BCUT2D eigenvalue weighted by atomic mass is 10.2. The van der Waals surface area contributed by atoms with Gasteiger partial charge >= 0.3 is 0 Å². The molecular formula is C10H15ClO. The number of hydrogen-bond acceptors (Lipinski definition) is 1. The third kappa shape index (κ3) is 4.24. The number of phenolic OH excluding ortho intramolecular Hbond substituents is 1. The lowest BCUT2D eigenvalue weighted by molar-refractivity contribution is 0.475. The highest BCUT2D eigenvalue weighted by Crippen LogP contribution is 2.22. The van der Waals surface area contributed by atoms with Gasteiger partial charge in [-0.15, -0.1) is 0 Å². The van der Waals surface area contributed by atoms with E-state index in [2.05, 4.69) is 13.8 Å². The molecule has 0 spiro atoms. The zero-order valence-electron chi connectivity index (χ0n) is 7.76. The first-order valence-electron chi connectivity index (χ1n) is 4.06. The number of benzene rings is 1. The van der Waals surface area contributed by atoms with Crippen LogP contribution < -0.4 is 0 Å². The van der Waals surface area contributed by atoms with E-state index >= 15 is 0 Å². The van der Waals surface area contributed by atoms with E-state index in [-0.39, 0.29) is 5.75 Å². The van der Waals surface area contributed by atoms with E-state index in [4.69, 9.17) is 16.7 Å². The van der Waals surface area contributed by atoms with E-state index in [0.29, 0.717) is 5.02 Å². The van der Waals surface area contributed by atoms with Crippen molar-refractivity contribution in [2.24, 2.45) is 0 Å². The van der Waals surface area contributed by atoms with E-state index in [9.17, 15) is 0 Å². The highest BCUT2D eigenvalue weighted by molar-refractivity contribution is 6.32. The molecule has 1 aromatic carbocycles. The van der Waals surface area contributed by atoms with E-state index in [1.807, 2.05) is 6.92 Å². The van der Waals surface area contributed by atoms with Gasteiger partial charge in [0, 0.05) is 0 Å². The Labute approximate surface area is 79.0 Å². The second-order valence-corrected chi connectivity index (χ2v) is 3.07. The van der Waals surface area contributed by atoms with Crippen LogP contribution in [0.15, 0.2) is 18.2 Å². The zero-order chi connectivity index (χ0) is 9.56. The van der Waals surface area contributed by atoms with Gasteiger partial charge in [-0.1, -0.05) is 37.9 Å². The quantitative estimate of drug-likeness (QED) is 0.654. The van der Waals surface area contributed by atoms with Crippen LogP contribution in [0, 0.1) is 6.92 Å². The molecule has 0 saturated carbocycles. The highest BCUT2D eigenvalue weighted by atomic mass is 35.5. The van der Waals surface area contributed by atoms with Crippen LogP contribution in [0.3, 0.4) is 0 Å². The Morgan fingerprint density at radius 2 is 1.83 bits per heavy atom. The van der Waals surface area contributed by atoms with Gasteiger partial charge in [0.2, 0.25) is 0 Å². The number of aryl methyl sites for hydroxylation is 1. The third-order valence-corrected chi connectivity index (χ3v) is 1.41. The van der Waals surface area contributed by atoms with Crippen LogP contribution in [0.4, 0.5) is 0 Å². The van der Waals surface area contributed by atoms with Gasteiger partial charge in [-0.05, 0) is 24.6 Å². The van der Waals surface area contributed by atoms with E-state index in [0.717, 1.165) is 5.56 Å². The number of hydrogen-bond donors (Lipinski definition) is 1. The predicted octanol–water partition coefficient (Wildman–Crippen LogP) is 3.77. The number of aromatic hydroxyl groups is 1. The fourth-order valence-corrected chi connectivity index (χ4v) is 0.847. The lowest BCUT2D eigenvalue weighted by Gasteiger charge is -1.95. The maximum absolute atomic E-state index is 8.91. The molecular weight excluding hydrogens is 172 g/mol. The van der Waals surface area contributed by atoms with Crippen LogP contribution in [-0.4, -0.2) is 5.11 Å². The van der Waals surface area contributed by atoms with Gasteiger partial charge in [-0.2, -0.15) is 0 Å². The number of phenols is 1. The van der Waals surface area contributed by atoms with Gasteiger partial charge in [0.05, 0.1) is 5.02 Å². The minimum absolute atomic E-state index is 0.141. The molecule has 0 aliphatic rings. The third-order valence-electron chi connectivity index (χ3n) is 1.10. The lowest BCUT2D eigenvalue weighted by Crippen LogP contribution is -1.70. The number of rotatable bonds is 0. The van der Waals surface area contributed by atoms with Crippen LogP contribution >= 0.6 is 11.6 Å².